The van der Waals surface area contributed by atoms with Crippen molar-refractivity contribution in [3.63, 3.8) is 0 Å². The molecule has 4 rings (SSSR count). The first kappa shape index (κ1) is 17.0. The maximum Gasteiger partial charge on any atom is 0.224 e. The second-order valence-electron chi connectivity index (χ2n) is 6.42. The van der Waals surface area contributed by atoms with Gasteiger partial charge >= 0.3 is 0 Å². The van der Waals surface area contributed by atoms with E-state index in [1.807, 2.05) is 18.2 Å². The third kappa shape index (κ3) is 4.20. The van der Waals surface area contributed by atoms with Crippen LogP contribution >= 0.6 is 0 Å². The van der Waals surface area contributed by atoms with Crippen molar-refractivity contribution < 1.29 is 9.32 Å². The molecule has 1 amide bonds. The number of pyridine rings is 1. The molecule has 0 saturated carbocycles. The van der Waals surface area contributed by atoms with Gasteiger partial charge in [0.1, 0.15) is 0 Å². The zero-order chi connectivity index (χ0) is 18.5. The Hall–Kier alpha value is -3.47. The molecule has 0 radical (unpaired) electrons. The number of anilines is 1. The van der Waals surface area contributed by atoms with E-state index in [1.165, 1.54) is 5.56 Å². The highest BCUT2D eigenvalue weighted by atomic mass is 16.5. The van der Waals surface area contributed by atoms with Crippen LogP contribution in [0, 0.1) is 0 Å². The fourth-order valence-electron chi connectivity index (χ4n) is 3.03. The molecule has 134 valence electrons. The Labute approximate surface area is 157 Å². The van der Waals surface area contributed by atoms with Crippen LogP contribution in [0.25, 0.3) is 22.1 Å². The molecule has 5 heteroatoms. The molecule has 0 aliphatic heterocycles. The molecule has 0 aliphatic rings. The lowest BCUT2D eigenvalue weighted by molar-refractivity contribution is -0.116. The molecule has 2 aromatic heterocycles. The summed E-state index contributed by atoms with van der Waals surface area (Å²) >= 11 is 0. The maximum absolute atomic E-state index is 12.0. The van der Waals surface area contributed by atoms with Gasteiger partial charge in [0.05, 0.1) is 18.1 Å². The van der Waals surface area contributed by atoms with Gasteiger partial charge in [-0.2, -0.15) is 0 Å². The zero-order valence-corrected chi connectivity index (χ0v) is 14.8. The molecule has 4 aromatic rings. The van der Waals surface area contributed by atoms with Gasteiger partial charge in [0.15, 0.2) is 5.58 Å². The second kappa shape index (κ2) is 7.83. The van der Waals surface area contributed by atoms with Crippen LogP contribution < -0.4 is 5.32 Å². The summed E-state index contributed by atoms with van der Waals surface area (Å²) in [5.41, 5.74) is 5.03. The summed E-state index contributed by atoms with van der Waals surface area (Å²) in [7, 11) is 0. The van der Waals surface area contributed by atoms with Crippen molar-refractivity contribution in [1.29, 1.82) is 0 Å². The fraction of sp³-hybridized carbons (Fsp3) is 0.136. The smallest absolute Gasteiger partial charge is 0.224 e. The first-order valence-corrected chi connectivity index (χ1v) is 8.91. The Bertz CT molecular complexity index is 1040. The first-order valence-electron chi connectivity index (χ1n) is 8.91. The second-order valence-corrected chi connectivity index (χ2v) is 6.42. The molecule has 0 saturated heterocycles. The van der Waals surface area contributed by atoms with Crippen LogP contribution in [0.15, 0.2) is 77.7 Å². The fourth-order valence-corrected chi connectivity index (χ4v) is 3.03. The number of amides is 1. The van der Waals surface area contributed by atoms with Crippen molar-refractivity contribution in [2.75, 3.05) is 5.32 Å². The summed E-state index contributed by atoms with van der Waals surface area (Å²) in [5, 5.41) is 7.67. The van der Waals surface area contributed by atoms with Crippen molar-refractivity contribution in [1.82, 2.24) is 10.1 Å². The number of nitrogens with one attached hydrogen (secondary N) is 1. The number of carbonyl (C=O) groups is 1. The summed E-state index contributed by atoms with van der Waals surface area (Å²) in [6, 6.07) is 18.1. The SMILES string of the molecule is O=C(CCCc1ccc(-c2ccc3oncc3c2)cc1)Nc1cccnc1. The predicted molar refractivity (Wildman–Crippen MR) is 105 cm³/mol. The highest BCUT2D eigenvalue weighted by Crippen LogP contribution is 2.25. The minimum atomic E-state index is 0.0154. The Morgan fingerprint density at radius 2 is 1.85 bits per heavy atom. The summed E-state index contributed by atoms with van der Waals surface area (Å²) in [6.45, 7) is 0. The molecule has 0 bridgehead atoms. The maximum atomic E-state index is 12.0. The molecular formula is C22H19N3O2. The highest BCUT2D eigenvalue weighted by molar-refractivity contribution is 5.90. The van der Waals surface area contributed by atoms with Gasteiger partial charge in [-0.05, 0) is 53.8 Å². The topological polar surface area (TPSA) is 68.0 Å². The van der Waals surface area contributed by atoms with Crippen LogP contribution in [0.1, 0.15) is 18.4 Å². The van der Waals surface area contributed by atoms with Gasteiger partial charge in [0.25, 0.3) is 0 Å². The molecule has 0 unspecified atom stereocenters. The van der Waals surface area contributed by atoms with Gasteiger partial charge < -0.3 is 9.84 Å². The minimum Gasteiger partial charge on any atom is -0.356 e. The average Bonchev–Trinajstić information content (AvgIpc) is 3.17. The number of aromatic nitrogens is 2. The normalized spacial score (nSPS) is 10.8. The molecular weight excluding hydrogens is 338 g/mol. The third-order valence-electron chi connectivity index (χ3n) is 4.45. The van der Waals surface area contributed by atoms with Crippen LogP contribution in [-0.4, -0.2) is 16.0 Å². The number of benzene rings is 2. The van der Waals surface area contributed by atoms with Crippen molar-refractivity contribution in [3.8, 4) is 11.1 Å². The largest absolute Gasteiger partial charge is 0.356 e. The molecule has 2 aromatic carbocycles. The first-order chi connectivity index (χ1) is 13.3. The Kier molecular flexibility index (Phi) is 4.92. The van der Waals surface area contributed by atoms with Gasteiger partial charge in [-0.15, -0.1) is 0 Å². The molecule has 5 nitrogen and oxygen atoms in total. The number of hydrogen-bond acceptors (Lipinski definition) is 4. The minimum absolute atomic E-state index is 0.0154. The van der Waals surface area contributed by atoms with E-state index >= 15 is 0 Å². The summed E-state index contributed by atoms with van der Waals surface area (Å²) < 4.78 is 5.14. The Balaban J connectivity index is 1.32. The van der Waals surface area contributed by atoms with Gasteiger partial charge in [0.2, 0.25) is 5.91 Å². The van der Waals surface area contributed by atoms with Crippen LogP contribution in [0.4, 0.5) is 5.69 Å². The zero-order valence-electron chi connectivity index (χ0n) is 14.8. The van der Waals surface area contributed by atoms with E-state index in [0.717, 1.165) is 40.6 Å². The van der Waals surface area contributed by atoms with Crippen LogP contribution in [0.5, 0.6) is 0 Å². The number of fused-ring (bicyclic) bond motifs is 1. The number of carbonyl (C=O) groups excluding carboxylic acids is 1. The lowest BCUT2D eigenvalue weighted by atomic mass is 10.0. The van der Waals surface area contributed by atoms with E-state index in [-0.39, 0.29) is 5.91 Å². The van der Waals surface area contributed by atoms with Crippen LogP contribution in [0.2, 0.25) is 0 Å². The van der Waals surface area contributed by atoms with E-state index in [2.05, 4.69) is 45.8 Å². The summed E-state index contributed by atoms with van der Waals surface area (Å²) in [6.07, 6.45) is 7.21. The van der Waals surface area contributed by atoms with E-state index in [4.69, 9.17) is 4.52 Å². The molecule has 0 atom stereocenters. The van der Waals surface area contributed by atoms with Gasteiger partial charge in [-0.3, -0.25) is 9.78 Å². The Morgan fingerprint density at radius 1 is 1.00 bits per heavy atom. The van der Waals surface area contributed by atoms with Crippen molar-refractivity contribution in [2.24, 2.45) is 0 Å². The Morgan fingerprint density at radius 3 is 2.67 bits per heavy atom. The molecule has 0 spiro atoms. The third-order valence-corrected chi connectivity index (χ3v) is 4.45. The monoisotopic (exact) mass is 357 g/mol. The van der Waals surface area contributed by atoms with Crippen molar-refractivity contribution in [3.05, 3.63) is 78.8 Å². The molecule has 2 heterocycles. The van der Waals surface area contributed by atoms with E-state index < -0.39 is 0 Å². The number of aryl methyl sites for hydroxylation is 1. The quantitative estimate of drug-likeness (QED) is 0.535. The predicted octanol–water partition coefficient (Wildman–Crippen LogP) is 4.85. The standard InChI is InChI=1S/C22H19N3O2/c26-22(25-20-4-2-12-23-15-20)5-1-3-16-6-8-17(9-7-16)18-10-11-21-19(13-18)14-24-27-21/h2,4,6-15H,1,3,5H2,(H,25,26). The molecule has 0 aliphatic carbocycles. The van der Waals surface area contributed by atoms with Gasteiger partial charge in [-0.25, -0.2) is 0 Å². The molecule has 0 fully saturated rings. The molecule has 27 heavy (non-hydrogen) atoms. The average molecular weight is 357 g/mol. The van der Waals surface area contributed by atoms with Crippen LogP contribution in [0.3, 0.4) is 0 Å². The lowest BCUT2D eigenvalue weighted by Gasteiger charge is -2.06. The van der Waals surface area contributed by atoms with Gasteiger partial charge in [0, 0.05) is 18.0 Å². The van der Waals surface area contributed by atoms with E-state index in [9.17, 15) is 4.79 Å². The van der Waals surface area contributed by atoms with E-state index in [1.54, 1.807) is 24.7 Å². The number of nitrogens with zero attached hydrogens (tertiary/aromatic N) is 2. The van der Waals surface area contributed by atoms with E-state index in [0.29, 0.717) is 6.42 Å². The molecule has 1 N–H and O–H groups in total. The van der Waals surface area contributed by atoms with Crippen LogP contribution in [-0.2, 0) is 11.2 Å². The van der Waals surface area contributed by atoms with Crippen molar-refractivity contribution >= 4 is 22.6 Å². The number of rotatable bonds is 6. The highest BCUT2D eigenvalue weighted by Gasteiger charge is 2.05. The summed E-state index contributed by atoms with van der Waals surface area (Å²) in [4.78, 5) is 16.0. The summed E-state index contributed by atoms with van der Waals surface area (Å²) in [5.74, 6) is 0.0154. The van der Waals surface area contributed by atoms with Crippen molar-refractivity contribution in [2.45, 2.75) is 19.3 Å². The number of hydrogen-bond donors (Lipinski definition) is 1. The lowest BCUT2D eigenvalue weighted by Crippen LogP contribution is -2.11. The van der Waals surface area contributed by atoms with Gasteiger partial charge in [-0.1, -0.05) is 35.5 Å².